The Hall–Kier alpha value is -2.11. The second kappa shape index (κ2) is 7.64. The van der Waals surface area contributed by atoms with Crippen LogP contribution in [0, 0.1) is 0 Å². The van der Waals surface area contributed by atoms with Crippen LogP contribution in [-0.4, -0.2) is 26.3 Å². The van der Waals surface area contributed by atoms with Gasteiger partial charge in [0.1, 0.15) is 0 Å². The van der Waals surface area contributed by atoms with E-state index in [2.05, 4.69) is 10.2 Å². The van der Waals surface area contributed by atoms with Crippen molar-refractivity contribution < 1.29 is 4.79 Å². The summed E-state index contributed by atoms with van der Waals surface area (Å²) in [5.41, 5.74) is 1.55. The standard InChI is InChI=1S/C18H16ClN3OS/c1-2-22-17(14-10-6-7-11-15(14)19)20-21-18(22)24-12-16(23)13-8-4-3-5-9-13/h3-11H,2,12H2,1H3. The first kappa shape index (κ1) is 16.7. The molecule has 0 spiro atoms. The summed E-state index contributed by atoms with van der Waals surface area (Å²) in [7, 11) is 0. The van der Waals surface area contributed by atoms with Crippen LogP contribution in [0.5, 0.6) is 0 Å². The van der Waals surface area contributed by atoms with Gasteiger partial charge in [-0.3, -0.25) is 4.79 Å². The lowest BCUT2D eigenvalue weighted by Gasteiger charge is -2.08. The van der Waals surface area contributed by atoms with Gasteiger partial charge in [-0.25, -0.2) is 0 Å². The number of nitrogens with zero attached hydrogens (tertiary/aromatic N) is 3. The molecule has 0 aliphatic carbocycles. The van der Waals surface area contributed by atoms with Gasteiger partial charge in [0.15, 0.2) is 16.8 Å². The quantitative estimate of drug-likeness (QED) is 0.478. The van der Waals surface area contributed by atoms with E-state index >= 15 is 0 Å². The molecule has 1 heterocycles. The maximum atomic E-state index is 12.2. The molecule has 122 valence electrons. The minimum Gasteiger partial charge on any atom is -0.302 e. The summed E-state index contributed by atoms with van der Waals surface area (Å²) in [4.78, 5) is 12.2. The number of thioether (sulfide) groups is 1. The van der Waals surface area contributed by atoms with Crippen LogP contribution in [0.2, 0.25) is 5.02 Å². The van der Waals surface area contributed by atoms with Crippen molar-refractivity contribution >= 4 is 29.1 Å². The number of halogens is 1. The van der Waals surface area contributed by atoms with Crippen LogP contribution in [-0.2, 0) is 6.54 Å². The van der Waals surface area contributed by atoms with Gasteiger partial charge in [-0.1, -0.05) is 65.8 Å². The molecule has 0 saturated heterocycles. The van der Waals surface area contributed by atoms with Gasteiger partial charge in [-0.15, -0.1) is 10.2 Å². The summed E-state index contributed by atoms with van der Waals surface area (Å²) in [6.07, 6.45) is 0. The minimum atomic E-state index is 0.0746. The van der Waals surface area contributed by atoms with Crippen LogP contribution in [0.3, 0.4) is 0 Å². The Morgan fingerprint density at radius 1 is 1.08 bits per heavy atom. The lowest BCUT2D eigenvalue weighted by Crippen LogP contribution is -2.05. The van der Waals surface area contributed by atoms with Gasteiger partial charge in [-0.2, -0.15) is 0 Å². The highest BCUT2D eigenvalue weighted by atomic mass is 35.5. The van der Waals surface area contributed by atoms with Crippen molar-refractivity contribution in [1.29, 1.82) is 0 Å². The van der Waals surface area contributed by atoms with Crippen LogP contribution in [0.1, 0.15) is 17.3 Å². The maximum Gasteiger partial charge on any atom is 0.191 e. The average molecular weight is 358 g/mol. The van der Waals surface area contributed by atoms with Gasteiger partial charge < -0.3 is 4.57 Å². The fourth-order valence-electron chi connectivity index (χ4n) is 2.36. The van der Waals surface area contributed by atoms with E-state index in [9.17, 15) is 4.79 Å². The van der Waals surface area contributed by atoms with Crippen LogP contribution in [0.4, 0.5) is 0 Å². The summed E-state index contributed by atoms with van der Waals surface area (Å²) in [5, 5.41) is 9.86. The Morgan fingerprint density at radius 2 is 1.79 bits per heavy atom. The third-order valence-electron chi connectivity index (χ3n) is 3.58. The summed E-state index contributed by atoms with van der Waals surface area (Å²) in [5.74, 6) is 1.12. The molecular formula is C18H16ClN3OS. The van der Waals surface area contributed by atoms with Gasteiger partial charge in [0.05, 0.1) is 10.8 Å². The summed E-state index contributed by atoms with van der Waals surface area (Å²) < 4.78 is 1.98. The topological polar surface area (TPSA) is 47.8 Å². The number of rotatable bonds is 6. The van der Waals surface area contributed by atoms with Gasteiger partial charge in [0.2, 0.25) is 0 Å². The Balaban J connectivity index is 1.80. The molecule has 24 heavy (non-hydrogen) atoms. The molecule has 0 unspecified atom stereocenters. The molecule has 3 rings (SSSR count). The van der Waals surface area contributed by atoms with Crippen molar-refractivity contribution in [2.75, 3.05) is 5.75 Å². The van der Waals surface area contributed by atoms with Crippen molar-refractivity contribution in [2.24, 2.45) is 0 Å². The SMILES string of the molecule is CCn1c(SCC(=O)c2ccccc2)nnc1-c1ccccc1Cl. The molecule has 0 amide bonds. The Bertz CT molecular complexity index is 848. The van der Waals surface area contributed by atoms with E-state index in [0.29, 0.717) is 22.9 Å². The number of aromatic nitrogens is 3. The van der Waals surface area contributed by atoms with E-state index in [1.165, 1.54) is 11.8 Å². The Morgan fingerprint density at radius 3 is 2.50 bits per heavy atom. The molecule has 6 heteroatoms. The van der Waals surface area contributed by atoms with Crippen molar-refractivity contribution in [3.8, 4) is 11.4 Å². The number of benzene rings is 2. The van der Waals surface area contributed by atoms with Crippen LogP contribution in [0.15, 0.2) is 59.8 Å². The molecule has 0 aliphatic heterocycles. The first-order valence-electron chi connectivity index (χ1n) is 7.60. The van der Waals surface area contributed by atoms with Crippen molar-refractivity contribution in [3.63, 3.8) is 0 Å². The normalized spacial score (nSPS) is 10.8. The zero-order valence-corrected chi connectivity index (χ0v) is 14.7. The molecule has 0 radical (unpaired) electrons. The second-order valence-electron chi connectivity index (χ2n) is 5.11. The highest BCUT2D eigenvalue weighted by molar-refractivity contribution is 7.99. The van der Waals surface area contributed by atoms with Gasteiger partial charge >= 0.3 is 0 Å². The van der Waals surface area contributed by atoms with E-state index in [0.717, 1.165) is 16.5 Å². The van der Waals surface area contributed by atoms with Crippen LogP contribution >= 0.6 is 23.4 Å². The van der Waals surface area contributed by atoms with E-state index in [1.54, 1.807) is 0 Å². The predicted molar refractivity (Wildman–Crippen MR) is 97.6 cm³/mol. The number of hydrogen-bond acceptors (Lipinski definition) is 4. The highest BCUT2D eigenvalue weighted by Crippen LogP contribution is 2.29. The fourth-order valence-corrected chi connectivity index (χ4v) is 3.48. The lowest BCUT2D eigenvalue weighted by molar-refractivity contribution is 0.102. The number of Topliss-reactive ketones (excluding diaryl/α,β-unsaturated/α-hetero) is 1. The van der Waals surface area contributed by atoms with Gasteiger partial charge in [0.25, 0.3) is 0 Å². The summed E-state index contributed by atoms with van der Waals surface area (Å²) in [6, 6.07) is 16.8. The van der Waals surface area contributed by atoms with Crippen LogP contribution in [0.25, 0.3) is 11.4 Å². The maximum absolute atomic E-state index is 12.2. The van der Waals surface area contributed by atoms with Gasteiger partial charge in [0, 0.05) is 17.7 Å². The zero-order chi connectivity index (χ0) is 16.9. The predicted octanol–water partition coefficient (Wildman–Crippen LogP) is 4.59. The molecule has 2 aromatic carbocycles. The fraction of sp³-hybridized carbons (Fsp3) is 0.167. The minimum absolute atomic E-state index is 0.0746. The van der Waals surface area contributed by atoms with E-state index in [1.807, 2.05) is 66.1 Å². The number of carbonyl (C=O) groups excluding carboxylic acids is 1. The number of hydrogen-bond donors (Lipinski definition) is 0. The van der Waals surface area contributed by atoms with Crippen LogP contribution < -0.4 is 0 Å². The molecule has 0 atom stereocenters. The summed E-state index contributed by atoms with van der Waals surface area (Å²) >= 11 is 7.66. The van der Waals surface area contributed by atoms with Crippen molar-refractivity contribution in [1.82, 2.24) is 14.8 Å². The van der Waals surface area contributed by atoms with Gasteiger partial charge in [-0.05, 0) is 19.1 Å². The lowest BCUT2D eigenvalue weighted by atomic mass is 10.2. The van der Waals surface area contributed by atoms with Crippen molar-refractivity contribution in [3.05, 3.63) is 65.2 Å². The molecule has 4 nitrogen and oxygen atoms in total. The first-order valence-corrected chi connectivity index (χ1v) is 8.96. The number of carbonyl (C=O) groups is 1. The number of ketones is 1. The molecule has 3 aromatic rings. The van der Waals surface area contributed by atoms with E-state index in [4.69, 9.17) is 11.6 Å². The molecule has 0 fully saturated rings. The third-order valence-corrected chi connectivity index (χ3v) is 4.87. The average Bonchev–Trinajstić information content (AvgIpc) is 3.03. The molecule has 1 aromatic heterocycles. The Kier molecular flexibility index (Phi) is 5.33. The zero-order valence-electron chi connectivity index (χ0n) is 13.1. The smallest absolute Gasteiger partial charge is 0.191 e. The van der Waals surface area contributed by atoms with Crippen molar-refractivity contribution in [2.45, 2.75) is 18.6 Å². The Labute approximate surface area is 149 Å². The molecule has 0 bridgehead atoms. The highest BCUT2D eigenvalue weighted by Gasteiger charge is 2.16. The first-order chi connectivity index (χ1) is 11.7. The molecule has 0 saturated carbocycles. The van der Waals surface area contributed by atoms with E-state index in [-0.39, 0.29) is 5.78 Å². The van der Waals surface area contributed by atoms with E-state index < -0.39 is 0 Å². The third kappa shape index (κ3) is 3.52. The monoisotopic (exact) mass is 357 g/mol. The summed E-state index contributed by atoms with van der Waals surface area (Å²) in [6.45, 7) is 2.72. The molecule has 0 N–H and O–H groups in total. The molecule has 0 aliphatic rings. The second-order valence-corrected chi connectivity index (χ2v) is 6.46. The molecular weight excluding hydrogens is 342 g/mol. The largest absolute Gasteiger partial charge is 0.302 e.